The largest absolute Gasteiger partial charge is 0.375 e. The number of hydrogen-bond acceptors (Lipinski definition) is 3. The molecule has 1 rings (SSSR count). The van der Waals surface area contributed by atoms with E-state index in [2.05, 4.69) is 19.2 Å². The summed E-state index contributed by atoms with van der Waals surface area (Å²) in [6.45, 7) is 6.02. The lowest BCUT2D eigenvalue weighted by Crippen LogP contribution is -2.44. The van der Waals surface area contributed by atoms with Crippen LogP contribution in [0.2, 0.25) is 0 Å². The summed E-state index contributed by atoms with van der Waals surface area (Å²) in [5.41, 5.74) is -0.00459. The molecule has 1 atom stereocenters. The zero-order valence-electron chi connectivity index (χ0n) is 11.6. The van der Waals surface area contributed by atoms with Gasteiger partial charge in [0.25, 0.3) is 0 Å². The molecule has 4 heteroatoms. The van der Waals surface area contributed by atoms with E-state index in [1.807, 2.05) is 0 Å². The maximum Gasteiger partial charge on any atom is 0.222 e. The topological polar surface area (TPSA) is 41.6 Å². The molecule has 1 unspecified atom stereocenters. The Bertz CT molecular complexity index is 252. The van der Waals surface area contributed by atoms with Crippen molar-refractivity contribution >= 4 is 5.91 Å². The van der Waals surface area contributed by atoms with Gasteiger partial charge >= 0.3 is 0 Å². The highest BCUT2D eigenvalue weighted by Crippen LogP contribution is 2.23. The fourth-order valence-corrected chi connectivity index (χ4v) is 2.18. The van der Waals surface area contributed by atoms with Crippen LogP contribution in [0.3, 0.4) is 0 Å². The molecule has 17 heavy (non-hydrogen) atoms. The third-order valence-corrected chi connectivity index (χ3v) is 3.20. The summed E-state index contributed by atoms with van der Waals surface area (Å²) in [6, 6.07) is 0.535. The van der Waals surface area contributed by atoms with E-state index in [1.54, 1.807) is 19.0 Å². The third kappa shape index (κ3) is 5.50. The number of nitrogens with zero attached hydrogens (tertiary/aromatic N) is 1. The predicted molar refractivity (Wildman–Crippen MR) is 69.0 cm³/mol. The monoisotopic (exact) mass is 242 g/mol. The van der Waals surface area contributed by atoms with Gasteiger partial charge < -0.3 is 15.0 Å². The zero-order chi connectivity index (χ0) is 12.9. The molecule has 1 fully saturated rings. The number of rotatable bonds is 5. The zero-order valence-corrected chi connectivity index (χ0v) is 11.6. The van der Waals surface area contributed by atoms with Crippen molar-refractivity contribution in [3.8, 4) is 0 Å². The molecule has 1 aliphatic rings. The Morgan fingerprint density at radius 3 is 2.76 bits per heavy atom. The van der Waals surface area contributed by atoms with Crippen LogP contribution in [0.4, 0.5) is 0 Å². The Morgan fingerprint density at radius 2 is 2.18 bits per heavy atom. The number of carbonyl (C=O) groups is 1. The van der Waals surface area contributed by atoms with E-state index in [0.29, 0.717) is 12.5 Å². The van der Waals surface area contributed by atoms with Gasteiger partial charge in [-0.05, 0) is 39.7 Å². The molecule has 1 saturated heterocycles. The summed E-state index contributed by atoms with van der Waals surface area (Å²) >= 11 is 0. The van der Waals surface area contributed by atoms with Crippen LogP contribution in [0.5, 0.6) is 0 Å². The second-order valence-electron chi connectivity index (χ2n) is 5.64. The number of amides is 1. The highest BCUT2D eigenvalue weighted by atomic mass is 16.5. The van der Waals surface area contributed by atoms with Crippen molar-refractivity contribution in [3.05, 3.63) is 0 Å². The van der Waals surface area contributed by atoms with Crippen molar-refractivity contribution in [2.75, 3.05) is 27.2 Å². The second kappa shape index (κ2) is 6.36. The predicted octanol–water partition coefficient (Wildman–Crippen LogP) is 1.40. The Morgan fingerprint density at radius 1 is 1.47 bits per heavy atom. The smallest absolute Gasteiger partial charge is 0.222 e. The van der Waals surface area contributed by atoms with E-state index in [1.165, 1.54) is 0 Å². The number of nitrogens with one attached hydrogen (secondary N) is 1. The van der Waals surface area contributed by atoms with Crippen LogP contribution in [0.1, 0.15) is 39.5 Å². The van der Waals surface area contributed by atoms with Gasteiger partial charge in [0.2, 0.25) is 5.91 Å². The number of hydrogen-bond donors (Lipinski definition) is 1. The van der Waals surface area contributed by atoms with Gasteiger partial charge in [-0.15, -0.1) is 0 Å². The summed E-state index contributed by atoms with van der Waals surface area (Å²) in [7, 11) is 3.60. The minimum atomic E-state index is -0.00459. The lowest BCUT2D eigenvalue weighted by Gasteiger charge is -2.36. The first-order chi connectivity index (χ1) is 7.91. The molecule has 1 N–H and O–H groups in total. The van der Waals surface area contributed by atoms with Crippen LogP contribution in [-0.4, -0.2) is 49.7 Å². The Balaban J connectivity index is 2.12. The molecule has 0 radical (unpaired) electrons. The average molecular weight is 242 g/mol. The normalized spacial score (nSPS) is 23.4. The van der Waals surface area contributed by atoms with Crippen LogP contribution >= 0.6 is 0 Å². The third-order valence-electron chi connectivity index (χ3n) is 3.20. The molecular formula is C13H26N2O2. The van der Waals surface area contributed by atoms with Crippen LogP contribution in [0.15, 0.2) is 0 Å². The molecule has 100 valence electrons. The van der Waals surface area contributed by atoms with Crippen molar-refractivity contribution in [3.63, 3.8) is 0 Å². The molecule has 0 aromatic carbocycles. The first-order valence-electron chi connectivity index (χ1n) is 6.48. The summed E-state index contributed by atoms with van der Waals surface area (Å²) in [5.74, 6) is 0.208. The maximum atomic E-state index is 11.4. The SMILES string of the molecule is CN(C)C(=O)CCCNC1CCOC(C)(C)C1. The van der Waals surface area contributed by atoms with E-state index >= 15 is 0 Å². The molecule has 1 amide bonds. The van der Waals surface area contributed by atoms with Crippen molar-refractivity contribution in [1.29, 1.82) is 0 Å². The van der Waals surface area contributed by atoms with Crippen molar-refractivity contribution in [2.24, 2.45) is 0 Å². The molecule has 0 saturated carbocycles. The van der Waals surface area contributed by atoms with Crippen molar-refractivity contribution < 1.29 is 9.53 Å². The van der Waals surface area contributed by atoms with Gasteiger partial charge in [0, 0.05) is 33.2 Å². The Hall–Kier alpha value is -0.610. The fourth-order valence-electron chi connectivity index (χ4n) is 2.18. The molecule has 1 aliphatic heterocycles. The molecule has 1 heterocycles. The first-order valence-corrected chi connectivity index (χ1v) is 6.48. The van der Waals surface area contributed by atoms with E-state index in [-0.39, 0.29) is 11.5 Å². The summed E-state index contributed by atoms with van der Waals surface area (Å²) in [5, 5.41) is 3.52. The molecule has 0 aromatic heterocycles. The highest BCUT2D eigenvalue weighted by molar-refractivity contribution is 5.75. The highest BCUT2D eigenvalue weighted by Gasteiger charge is 2.28. The quantitative estimate of drug-likeness (QED) is 0.741. The van der Waals surface area contributed by atoms with Gasteiger partial charge in [-0.1, -0.05) is 0 Å². The van der Waals surface area contributed by atoms with E-state index in [0.717, 1.165) is 32.4 Å². The first kappa shape index (κ1) is 14.5. The van der Waals surface area contributed by atoms with Crippen LogP contribution in [0, 0.1) is 0 Å². The fraction of sp³-hybridized carbons (Fsp3) is 0.923. The van der Waals surface area contributed by atoms with E-state index in [9.17, 15) is 4.79 Å². The molecule has 0 aromatic rings. The average Bonchev–Trinajstić information content (AvgIpc) is 2.22. The van der Waals surface area contributed by atoms with Gasteiger partial charge in [-0.2, -0.15) is 0 Å². The molecule has 0 bridgehead atoms. The molecule has 0 aliphatic carbocycles. The van der Waals surface area contributed by atoms with Gasteiger partial charge in [-0.3, -0.25) is 4.79 Å². The maximum absolute atomic E-state index is 11.4. The summed E-state index contributed by atoms with van der Waals surface area (Å²) < 4.78 is 5.67. The van der Waals surface area contributed by atoms with E-state index < -0.39 is 0 Å². The van der Waals surface area contributed by atoms with Gasteiger partial charge in [-0.25, -0.2) is 0 Å². The van der Waals surface area contributed by atoms with Gasteiger partial charge in [0.1, 0.15) is 0 Å². The number of ether oxygens (including phenoxy) is 1. The minimum Gasteiger partial charge on any atom is -0.375 e. The van der Waals surface area contributed by atoms with Crippen LogP contribution in [0.25, 0.3) is 0 Å². The molecular weight excluding hydrogens is 216 g/mol. The Labute approximate surface area is 105 Å². The van der Waals surface area contributed by atoms with Gasteiger partial charge in [0.15, 0.2) is 0 Å². The standard InChI is InChI=1S/C13H26N2O2/c1-13(2)10-11(7-9-17-13)14-8-5-6-12(16)15(3)4/h11,14H,5-10H2,1-4H3. The van der Waals surface area contributed by atoms with Crippen LogP contribution in [-0.2, 0) is 9.53 Å². The van der Waals surface area contributed by atoms with E-state index in [4.69, 9.17) is 4.74 Å². The second-order valence-corrected chi connectivity index (χ2v) is 5.64. The van der Waals surface area contributed by atoms with Gasteiger partial charge in [0.05, 0.1) is 5.60 Å². The van der Waals surface area contributed by atoms with Crippen LogP contribution < -0.4 is 5.32 Å². The lowest BCUT2D eigenvalue weighted by atomic mass is 9.94. The summed E-state index contributed by atoms with van der Waals surface area (Å²) in [4.78, 5) is 13.0. The summed E-state index contributed by atoms with van der Waals surface area (Å²) in [6.07, 6.45) is 3.67. The lowest BCUT2D eigenvalue weighted by molar-refractivity contribution is -0.128. The minimum absolute atomic E-state index is 0.00459. The van der Waals surface area contributed by atoms with Crippen molar-refractivity contribution in [2.45, 2.75) is 51.2 Å². The Kier molecular flexibility index (Phi) is 5.40. The molecule has 0 spiro atoms. The van der Waals surface area contributed by atoms with Crippen molar-refractivity contribution in [1.82, 2.24) is 10.2 Å². The molecule has 4 nitrogen and oxygen atoms in total. The number of carbonyl (C=O) groups excluding carboxylic acids is 1.